The summed E-state index contributed by atoms with van der Waals surface area (Å²) in [4.78, 5) is 0. The van der Waals surface area contributed by atoms with Gasteiger partial charge in [0.15, 0.2) is 0 Å². The number of aryl methyl sites for hydroxylation is 1. The Labute approximate surface area is 93.5 Å². The molecule has 2 nitrogen and oxygen atoms in total. The largest absolute Gasteiger partial charge is 0.391 e. The Balaban J connectivity index is 2.92. The maximum atomic E-state index is 5.81. The lowest BCUT2D eigenvalue weighted by Crippen LogP contribution is -2.51. The maximum Gasteiger partial charge on any atom is 0.369 e. The second kappa shape index (κ2) is 5.44. The van der Waals surface area contributed by atoms with Gasteiger partial charge in [-0.1, -0.05) is 29.8 Å². The SMILES string of the molecule is CCO[Si](C)(OCC)c1ccc(C)cc1. The third-order valence-corrected chi connectivity index (χ3v) is 5.48. The van der Waals surface area contributed by atoms with Gasteiger partial charge in [-0.15, -0.1) is 0 Å². The van der Waals surface area contributed by atoms with Crippen molar-refractivity contribution in [3.8, 4) is 0 Å². The summed E-state index contributed by atoms with van der Waals surface area (Å²) in [5.74, 6) is 0. The second-order valence-corrected chi connectivity index (χ2v) is 6.72. The van der Waals surface area contributed by atoms with Crippen molar-refractivity contribution < 1.29 is 8.85 Å². The van der Waals surface area contributed by atoms with Crippen LogP contribution in [-0.4, -0.2) is 21.8 Å². The standard InChI is InChI=1S/C12H20O2Si/c1-5-13-15(4,14-6-2)12-9-7-11(3)8-10-12/h7-10H,5-6H2,1-4H3. The van der Waals surface area contributed by atoms with E-state index in [9.17, 15) is 0 Å². The summed E-state index contributed by atoms with van der Waals surface area (Å²) in [5.41, 5.74) is 1.27. The fourth-order valence-corrected chi connectivity index (χ4v) is 3.91. The normalized spacial score (nSPS) is 11.7. The molecule has 0 amide bonds. The van der Waals surface area contributed by atoms with Gasteiger partial charge in [-0.25, -0.2) is 0 Å². The molecule has 0 saturated heterocycles. The highest BCUT2D eigenvalue weighted by molar-refractivity contribution is 6.79. The van der Waals surface area contributed by atoms with Crippen LogP contribution < -0.4 is 5.19 Å². The van der Waals surface area contributed by atoms with Crippen LogP contribution in [0.15, 0.2) is 24.3 Å². The number of hydrogen-bond acceptors (Lipinski definition) is 2. The molecule has 0 aliphatic rings. The summed E-state index contributed by atoms with van der Waals surface area (Å²) in [6.07, 6.45) is 0. The summed E-state index contributed by atoms with van der Waals surface area (Å²) in [7, 11) is -2.15. The van der Waals surface area contributed by atoms with Gasteiger partial charge in [-0.3, -0.25) is 0 Å². The van der Waals surface area contributed by atoms with Crippen molar-refractivity contribution in [2.45, 2.75) is 27.3 Å². The molecule has 0 aliphatic carbocycles. The number of hydrogen-bond donors (Lipinski definition) is 0. The van der Waals surface area contributed by atoms with Gasteiger partial charge >= 0.3 is 8.56 Å². The molecule has 0 spiro atoms. The lowest BCUT2D eigenvalue weighted by Gasteiger charge is -2.26. The molecule has 1 aromatic rings. The zero-order chi connectivity index (χ0) is 11.3. The first-order valence-electron chi connectivity index (χ1n) is 5.47. The zero-order valence-electron chi connectivity index (χ0n) is 10.0. The topological polar surface area (TPSA) is 18.5 Å². The highest BCUT2D eigenvalue weighted by atomic mass is 28.4. The van der Waals surface area contributed by atoms with Crippen LogP contribution in [0.4, 0.5) is 0 Å². The summed E-state index contributed by atoms with van der Waals surface area (Å²) in [6.45, 7) is 9.62. The molecule has 0 heterocycles. The van der Waals surface area contributed by atoms with Crippen molar-refractivity contribution >= 4 is 13.7 Å². The molecule has 0 bridgehead atoms. The summed E-state index contributed by atoms with van der Waals surface area (Å²) in [5, 5.41) is 1.21. The Morgan fingerprint density at radius 2 is 1.47 bits per heavy atom. The van der Waals surface area contributed by atoms with Crippen molar-refractivity contribution in [1.82, 2.24) is 0 Å². The molecule has 0 N–H and O–H groups in total. The molecule has 1 rings (SSSR count). The highest BCUT2D eigenvalue weighted by Crippen LogP contribution is 2.08. The van der Waals surface area contributed by atoms with Gasteiger partial charge < -0.3 is 8.85 Å². The summed E-state index contributed by atoms with van der Waals surface area (Å²) >= 11 is 0. The first kappa shape index (κ1) is 12.4. The van der Waals surface area contributed by atoms with Gasteiger partial charge in [0.1, 0.15) is 0 Å². The van der Waals surface area contributed by atoms with E-state index in [1.165, 1.54) is 10.8 Å². The molecule has 0 saturated carbocycles. The average Bonchev–Trinajstić information content (AvgIpc) is 2.19. The van der Waals surface area contributed by atoms with Gasteiger partial charge in [0.2, 0.25) is 0 Å². The molecule has 1 aromatic carbocycles. The molecule has 84 valence electrons. The van der Waals surface area contributed by atoms with Crippen LogP contribution in [0.2, 0.25) is 6.55 Å². The van der Waals surface area contributed by atoms with Gasteiger partial charge in [-0.05, 0) is 32.5 Å². The Morgan fingerprint density at radius 3 is 1.87 bits per heavy atom. The smallest absolute Gasteiger partial charge is 0.369 e. The zero-order valence-corrected chi connectivity index (χ0v) is 11.0. The molecular weight excluding hydrogens is 204 g/mol. The van der Waals surface area contributed by atoms with Crippen molar-refractivity contribution in [1.29, 1.82) is 0 Å². The predicted molar refractivity (Wildman–Crippen MR) is 65.7 cm³/mol. The van der Waals surface area contributed by atoms with Crippen molar-refractivity contribution in [3.63, 3.8) is 0 Å². The Morgan fingerprint density at radius 1 is 1.00 bits per heavy atom. The Bertz CT molecular complexity index is 289. The molecule has 0 unspecified atom stereocenters. The minimum absolute atomic E-state index is 0.705. The van der Waals surface area contributed by atoms with Crippen LogP contribution in [0.3, 0.4) is 0 Å². The number of benzene rings is 1. The fourth-order valence-electron chi connectivity index (χ4n) is 1.62. The van der Waals surface area contributed by atoms with E-state index in [-0.39, 0.29) is 0 Å². The quantitative estimate of drug-likeness (QED) is 0.715. The van der Waals surface area contributed by atoms with E-state index in [1.54, 1.807) is 0 Å². The van der Waals surface area contributed by atoms with Crippen LogP contribution in [-0.2, 0) is 8.85 Å². The van der Waals surface area contributed by atoms with Crippen LogP contribution in [0.5, 0.6) is 0 Å². The molecule has 0 aliphatic heterocycles. The molecule has 0 aromatic heterocycles. The van der Waals surface area contributed by atoms with E-state index in [4.69, 9.17) is 8.85 Å². The van der Waals surface area contributed by atoms with Gasteiger partial charge in [0.25, 0.3) is 0 Å². The first-order chi connectivity index (χ1) is 7.12. The van der Waals surface area contributed by atoms with Gasteiger partial charge in [0.05, 0.1) is 0 Å². The van der Waals surface area contributed by atoms with E-state index < -0.39 is 8.56 Å². The van der Waals surface area contributed by atoms with Crippen LogP contribution >= 0.6 is 0 Å². The summed E-state index contributed by atoms with van der Waals surface area (Å²) in [6, 6.07) is 8.46. The van der Waals surface area contributed by atoms with Crippen molar-refractivity contribution in [2.24, 2.45) is 0 Å². The molecule has 0 fully saturated rings. The van der Waals surface area contributed by atoms with E-state index in [2.05, 4.69) is 37.7 Å². The number of rotatable bonds is 5. The van der Waals surface area contributed by atoms with E-state index in [1.807, 2.05) is 13.8 Å². The van der Waals surface area contributed by atoms with Crippen molar-refractivity contribution in [3.05, 3.63) is 29.8 Å². The Kier molecular flexibility index (Phi) is 4.51. The van der Waals surface area contributed by atoms with Gasteiger partial charge in [-0.2, -0.15) is 0 Å². The maximum absolute atomic E-state index is 5.81. The minimum Gasteiger partial charge on any atom is -0.391 e. The van der Waals surface area contributed by atoms with Gasteiger partial charge in [0, 0.05) is 13.2 Å². The third kappa shape index (κ3) is 3.16. The predicted octanol–water partition coefficient (Wildman–Crippen LogP) is 2.35. The molecule has 0 atom stereocenters. The van der Waals surface area contributed by atoms with Crippen LogP contribution in [0, 0.1) is 6.92 Å². The fraction of sp³-hybridized carbons (Fsp3) is 0.500. The Hall–Kier alpha value is -0.643. The van der Waals surface area contributed by atoms with E-state index >= 15 is 0 Å². The summed E-state index contributed by atoms with van der Waals surface area (Å²) < 4.78 is 11.6. The first-order valence-corrected chi connectivity index (χ1v) is 7.79. The van der Waals surface area contributed by atoms with Crippen LogP contribution in [0.1, 0.15) is 19.4 Å². The van der Waals surface area contributed by atoms with E-state index in [0.29, 0.717) is 13.2 Å². The lowest BCUT2D eigenvalue weighted by molar-refractivity contribution is 0.202. The molecule has 0 radical (unpaired) electrons. The monoisotopic (exact) mass is 224 g/mol. The van der Waals surface area contributed by atoms with Crippen molar-refractivity contribution in [2.75, 3.05) is 13.2 Å². The second-order valence-electron chi connectivity index (χ2n) is 3.68. The van der Waals surface area contributed by atoms with Crippen LogP contribution in [0.25, 0.3) is 0 Å². The van der Waals surface area contributed by atoms with E-state index in [0.717, 1.165) is 0 Å². The minimum atomic E-state index is -2.15. The lowest BCUT2D eigenvalue weighted by atomic mass is 10.2. The highest BCUT2D eigenvalue weighted by Gasteiger charge is 2.33. The average molecular weight is 224 g/mol. The molecule has 15 heavy (non-hydrogen) atoms. The molecular formula is C12H20O2Si. The third-order valence-electron chi connectivity index (χ3n) is 2.42. The molecule has 3 heteroatoms.